The molecule has 0 amide bonds. The lowest BCUT2D eigenvalue weighted by Gasteiger charge is -2.08. The van der Waals surface area contributed by atoms with Crippen molar-refractivity contribution >= 4 is 21.9 Å². The average Bonchev–Trinajstić information content (AvgIpc) is 2.49. The summed E-state index contributed by atoms with van der Waals surface area (Å²) in [5.74, 6) is -0.459. The molecule has 0 aliphatic heterocycles. The molecule has 22 heavy (non-hydrogen) atoms. The Morgan fingerprint density at radius 2 is 2.09 bits per heavy atom. The molecule has 2 rings (SSSR count). The number of halogens is 1. The molecule has 1 N–H and O–H groups in total. The van der Waals surface area contributed by atoms with Crippen molar-refractivity contribution < 1.29 is 14.6 Å². The van der Waals surface area contributed by atoms with E-state index in [-0.39, 0.29) is 12.2 Å². The molecular weight excluding hydrogens is 350 g/mol. The molecule has 6 heteroatoms. The van der Waals surface area contributed by atoms with Gasteiger partial charge in [-0.1, -0.05) is 12.1 Å². The Balaban J connectivity index is 1.91. The first-order valence-corrected chi connectivity index (χ1v) is 7.63. The zero-order valence-electron chi connectivity index (χ0n) is 11.9. The minimum atomic E-state index is -1.00. The number of nitrogens with zero attached hydrogens (tertiary/aromatic N) is 1. The molecule has 2 aromatic rings. The highest BCUT2D eigenvalue weighted by Crippen LogP contribution is 2.15. The maximum absolute atomic E-state index is 11.7. The number of carboxylic acids is 1. The summed E-state index contributed by atoms with van der Waals surface area (Å²) in [5, 5.41) is 8.60. The van der Waals surface area contributed by atoms with Crippen molar-refractivity contribution in [2.24, 2.45) is 0 Å². The summed E-state index contributed by atoms with van der Waals surface area (Å²) >= 11 is 3.35. The van der Waals surface area contributed by atoms with E-state index in [4.69, 9.17) is 9.84 Å². The predicted molar refractivity (Wildman–Crippen MR) is 86.3 cm³/mol. The fourth-order valence-corrected chi connectivity index (χ4v) is 2.45. The van der Waals surface area contributed by atoms with Gasteiger partial charge in [0.15, 0.2) is 6.61 Å². The highest BCUT2D eigenvalue weighted by Gasteiger charge is 2.02. The van der Waals surface area contributed by atoms with Crippen LogP contribution in [0.1, 0.15) is 12.0 Å². The number of pyridine rings is 1. The van der Waals surface area contributed by atoms with Gasteiger partial charge in [-0.05, 0) is 52.5 Å². The van der Waals surface area contributed by atoms with Gasteiger partial charge in [0.05, 0.1) is 0 Å². The molecule has 0 bridgehead atoms. The number of aliphatic carboxylic acids is 1. The van der Waals surface area contributed by atoms with Crippen LogP contribution in [-0.4, -0.2) is 22.2 Å². The standard InChI is InChI=1S/C16H16BrNO4/c17-13-6-7-15(19)18(10-13)8-2-4-12-3-1-5-14(9-12)22-11-16(20)21/h1,3,5-7,9-10H,2,4,8,11H2,(H,20,21). The van der Waals surface area contributed by atoms with E-state index in [0.717, 1.165) is 22.9 Å². The van der Waals surface area contributed by atoms with Gasteiger partial charge < -0.3 is 14.4 Å². The number of benzene rings is 1. The van der Waals surface area contributed by atoms with Crippen molar-refractivity contribution in [2.75, 3.05) is 6.61 Å². The fraction of sp³-hybridized carbons (Fsp3) is 0.250. The van der Waals surface area contributed by atoms with Gasteiger partial charge in [0, 0.05) is 23.3 Å². The highest BCUT2D eigenvalue weighted by molar-refractivity contribution is 9.10. The minimum absolute atomic E-state index is 0.0262. The predicted octanol–water partition coefficient (Wildman–Crippen LogP) is 2.71. The van der Waals surface area contributed by atoms with E-state index in [9.17, 15) is 9.59 Å². The molecule has 5 nitrogen and oxygen atoms in total. The number of carboxylic acid groups (broad SMARTS) is 1. The van der Waals surface area contributed by atoms with E-state index in [1.165, 1.54) is 6.07 Å². The Labute approximate surface area is 136 Å². The van der Waals surface area contributed by atoms with Crippen molar-refractivity contribution in [1.29, 1.82) is 0 Å². The molecule has 0 unspecified atom stereocenters. The van der Waals surface area contributed by atoms with Gasteiger partial charge in [-0.25, -0.2) is 4.79 Å². The lowest BCUT2D eigenvalue weighted by atomic mass is 10.1. The van der Waals surface area contributed by atoms with Gasteiger partial charge >= 0.3 is 5.97 Å². The highest BCUT2D eigenvalue weighted by atomic mass is 79.9. The SMILES string of the molecule is O=C(O)COc1cccc(CCCn2cc(Br)ccc2=O)c1. The first-order valence-electron chi connectivity index (χ1n) is 6.84. The molecule has 1 heterocycles. The summed E-state index contributed by atoms with van der Waals surface area (Å²) in [7, 11) is 0. The number of ether oxygens (including phenoxy) is 1. The minimum Gasteiger partial charge on any atom is -0.482 e. The molecule has 0 saturated heterocycles. The van der Waals surface area contributed by atoms with Gasteiger partial charge in [-0.2, -0.15) is 0 Å². The second-order valence-electron chi connectivity index (χ2n) is 4.81. The maximum Gasteiger partial charge on any atom is 0.341 e. The third kappa shape index (κ3) is 5.04. The van der Waals surface area contributed by atoms with E-state index in [1.807, 2.05) is 18.2 Å². The number of aryl methyl sites for hydroxylation is 2. The summed E-state index contributed by atoms with van der Waals surface area (Å²) in [6.07, 6.45) is 3.36. The topological polar surface area (TPSA) is 68.5 Å². The van der Waals surface area contributed by atoms with Crippen LogP contribution in [0.25, 0.3) is 0 Å². The second kappa shape index (κ2) is 7.79. The van der Waals surface area contributed by atoms with Crippen molar-refractivity contribution in [3.05, 3.63) is 63.0 Å². The first-order chi connectivity index (χ1) is 10.5. The van der Waals surface area contributed by atoms with Crippen molar-refractivity contribution in [2.45, 2.75) is 19.4 Å². The van der Waals surface area contributed by atoms with Crippen molar-refractivity contribution in [3.8, 4) is 5.75 Å². The maximum atomic E-state index is 11.7. The molecule has 0 spiro atoms. The van der Waals surface area contributed by atoms with E-state index in [1.54, 1.807) is 22.9 Å². The number of hydrogen-bond donors (Lipinski definition) is 1. The summed E-state index contributed by atoms with van der Waals surface area (Å²) in [5.41, 5.74) is 1.02. The summed E-state index contributed by atoms with van der Waals surface area (Å²) in [4.78, 5) is 22.2. The van der Waals surface area contributed by atoms with Crippen LogP contribution in [0, 0.1) is 0 Å². The summed E-state index contributed by atoms with van der Waals surface area (Å²) in [6.45, 7) is 0.273. The van der Waals surface area contributed by atoms with E-state index < -0.39 is 5.97 Å². The molecular formula is C16H16BrNO4. The fourth-order valence-electron chi connectivity index (χ4n) is 2.07. The largest absolute Gasteiger partial charge is 0.482 e. The van der Waals surface area contributed by atoms with Crippen molar-refractivity contribution in [1.82, 2.24) is 4.57 Å². The third-order valence-corrected chi connectivity index (χ3v) is 3.54. The molecule has 0 atom stereocenters. The van der Waals surface area contributed by atoms with Gasteiger partial charge in [0.2, 0.25) is 0 Å². The normalized spacial score (nSPS) is 10.4. The van der Waals surface area contributed by atoms with Gasteiger partial charge in [-0.3, -0.25) is 4.79 Å². The molecule has 116 valence electrons. The monoisotopic (exact) mass is 365 g/mol. The van der Waals surface area contributed by atoms with Crippen LogP contribution < -0.4 is 10.3 Å². The van der Waals surface area contributed by atoms with Gasteiger partial charge in [0.1, 0.15) is 5.75 Å². The van der Waals surface area contributed by atoms with Crippen LogP contribution in [-0.2, 0) is 17.8 Å². The van der Waals surface area contributed by atoms with Crippen LogP contribution in [0.3, 0.4) is 0 Å². The quantitative estimate of drug-likeness (QED) is 0.818. The molecule has 0 saturated carbocycles. The summed E-state index contributed by atoms with van der Waals surface area (Å²) < 4.78 is 7.68. The van der Waals surface area contributed by atoms with E-state index in [2.05, 4.69) is 15.9 Å². The Kier molecular flexibility index (Phi) is 5.77. The molecule has 0 fully saturated rings. The molecule has 1 aromatic heterocycles. The lowest BCUT2D eigenvalue weighted by molar-refractivity contribution is -0.139. The Bertz CT molecular complexity index is 711. The molecule has 0 aliphatic rings. The number of hydrogen-bond acceptors (Lipinski definition) is 3. The summed E-state index contributed by atoms with van der Waals surface area (Å²) in [6, 6.07) is 10.6. The Morgan fingerprint density at radius 1 is 1.27 bits per heavy atom. The van der Waals surface area contributed by atoms with Crippen LogP contribution in [0.2, 0.25) is 0 Å². The van der Waals surface area contributed by atoms with E-state index in [0.29, 0.717) is 12.3 Å². The molecule has 1 aromatic carbocycles. The average molecular weight is 366 g/mol. The first kappa shape index (κ1) is 16.3. The Hall–Kier alpha value is -2.08. The molecule has 0 radical (unpaired) electrons. The Morgan fingerprint density at radius 3 is 2.86 bits per heavy atom. The smallest absolute Gasteiger partial charge is 0.341 e. The van der Waals surface area contributed by atoms with Gasteiger partial charge in [-0.15, -0.1) is 0 Å². The van der Waals surface area contributed by atoms with Crippen LogP contribution in [0.15, 0.2) is 51.9 Å². The van der Waals surface area contributed by atoms with Gasteiger partial charge in [0.25, 0.3) is 5.56 Å². The lowest BCUT2D eigenvalue weighted by Crippen LogP contribution is -2.18. The van der Waals surface area contributed by atoms with Crippen molar-refractivity contribution in [3.63, 3.8) is 0 Å². The van der Waals surface area contributed by atoms with E-state index >= 15 is 0 Å². The van der Waals surface area contributed by atoms with Crippen LogP contribution >= 0.6 is 15.9 Å². The number of aromatic nitrogens is 1. The zero-order valence-corrected chi connectivity index (χ0v) is 13.5. The second-order valence-corrected chi connectivity index (χ2v) is 5.73. The van der Waals surface area contributed by atoms with Crippen LogP contribution in [0.4, 0.5) is 0 Å². The third-order valence-electron chi connectivity index (χ3n) is 3.07. The number of rotatable bonds is 7. The zero-order chi connectivity index (χ0) is 15.9. The molecule has 0 aliphatic carbocycles. The number of carbonyl (C=O) groups is 1. The van der Waals surface area contributed by atoms with Crippen LogP contribution in [0.5, 0.6) is 5.75 Å².